The molecule has 0 saturated carbocycles. The molecule has 0 bridgehead atoms. The number of nitrogens with zero attached hydrogens (tertiary/aromatic N) is 1. The normalized spacial score (nSPS) is 9.70. The van der Waals surface area contributed by atoms with Crippen LogP contribution in [0, 0.1) is 17.0 Å². The standard InChI is InChI=1S/C6H7NO2S/c1-5-2-3-10-6(5)4-7(8)9/h2-3H,4H2,1H3. The maximum atomic E-state index is 10.0. The van der Waals surface area contributed by atoms with E-state index in [1.54, 1.807) is 0 Å². The van der Waals surface area contributed by atoms with Gasteiger partial charge in [0.05, 0.1) is 4.88 Å². The van der Waals surface area contributed by atoms with Gasteiger partial charge in [0.15, 0.2) is 0 Å². The predicted octanol–water partition coefficient (Wildman–Crippen LogP) is 1.83. The monoisotopic (exact) mass is 157 g/mol. The largest absolute Gasteiger partial charge is 0.264 e. The molecule has 0 unspecified atom stereocenters. The van der Waals surface area contributed by atoms with Crippen molar-refractivity contribution in [2.24, 2.45) is 0 Å². The van der Waals surface area contributed by atoms with Crippen molar-refractivity contribution in [2.75, 3.05) is 0 Å². The Morgan fingerprint density at radius 1 is 1.80 bits per heavy atom. The summed E-state index contributed by atoms with van der Waals surface area (Å²) in [6.07, 6.45) is 0. The summed E-state index contributed by atoms with van der Waals surface area (Å²) in [5.74, 6) is 0. The zero-order valence-corrected chi connectivity index (χ0v) is 6.35. The highest BCUT2D eigenvalue weighted by Gasteiger charge is 2.04. The number of thiophene rings is 1. The lowest BCUT2D eigenvalue weighted by Crippen LogP contribution is -1.96. The third-order valence-corrected chi connectivity index (χ3v) is 2.25. The maximum Gasteiger partial charge on any atom is 0.238 e. The summed E-state index contributed by atoms with van der Waals surface area (Å²) in [7, 11) is 0. The molecule has 3 nitrogen and oxygen atoms in total. The van der Waals surface area contributed by atoms with E-state index in [-0.39, 0.29) is 11.5 Å². The number of hydrogen-bond donors (Lipinski definition) is 0. The lowest BCUT2D eigenvalue weighted by Gasteiger charge is -1.89. The van der Waals surface area contributed by atoms with Gasteiger partial charge in [0, 0.05) is 4.92 Å². The Balaban J connectivity index is 2.74. The summed E-state index contributed by atoms with van der Waals surface area (Å²) in [6.45, 7) is 1.85. The Kier molecular flexibility index (Phi) is 2.01. The summed E-state index contributed by atoms with van der Waals surface area (Å²) < 4.78 is 0. The molecule has 0 saturated heterocycles. The molecule has 0 aliphatic heterocycles. The van der Waals surface area contributed by atoms with Gasteiger partial charge in [-0.3, -0.25) is 10.1 Å². The van der Waals surface area contributed by atoms with E-state index >= 15 is 0 Å². The second kappa shape index (κ2) is 2.79. The Labute approximate surface area is 62.5 Å². The van der Waals surface area contributed by atoms with E-state index in [2.05, 4.69) is 0 Å². The minimum Gasteiger partial charge on any atom is -0.264 e. The summed E-state index contributed by atoms with van der Waals surface area (Å²) in [6, 6.07) is 1.89. The van der Waals surface area contributed by atoms with Crippen molar-refractivity contribution in [1.82, 2.24) is 0 Å². The quantitative estimate of drug-likeness (QED) is 0.485. The molecule has 4 heteroatoms. The minimum absolute atomic E-state index is 0.0382. The molecule has 0 spiro atoms. The van der Waals surface area contributed by atoms with Crippen LogP contribution < -0.4 is 0 Å². The molecule has 10 heavy (non-hydrogen) atoms. The molecule has 1 aromatic heterocycles. The summed E-state index contributed by atoms with van der Waals surface area (Å²) in [4.78, 5) is 10.6. The first-order valence-corrected chi connectivity index (χ1v) is 3.73. The molecule has 1 rings (SSSR count). The fourth-order valence-electron chi connectivity index (χ4n) is 0.683. The van der Waals surface area contributed by atoms with Gasteiger partial charge < -0.3 is 0 Å². The number of hydrogen-bond acceptors (Lipinski definition) is 3. The average Bonchev–Trinajstić information content (AvgIpc) is 2.15. The average molecular weight is 157 g/mol. The van der Waals surface area contributed by atoms with E-state index < -0.39 is 0 Å². The molecule has 0 amide bonds. The molecule has 0 atom stereocenters. The molecule has 1 heterocycles. The second-order valence-corrected chi connectivity index (χ2v) is 3.02. The number of aryl methyl sites for hydroxylation is 1. The van der Waals surface area contributed by atoms with Crippen molar-refractivity contribution < 1.29 is 4.92 Å². The molecular weight excluding hydrogens is 150 g/mol. The molecule has 0 radical (unpaired) electrons. The molecule has 0 aliphatic carbocycles. The highest BCUT2D eigenvalue weighted by molar-refractivity contribution is 7.10. The highest BCUT2D eigenvalue weighted by atomic mass is 32.1. The van der Waals surface area contributed by atoms with Gasteiger partial charge in [-0.1, -0.05) is 0 Å². The van der Waals surface area contributed by atoms with Crippen LogP contribution in [-0.4, -0.2) is 4.92 Å². The molecular formula is C6H7NO2S. The van der Waals surface area contributed by atoms with Gasteiger partial charge in [-0.05, 0) is 23.9 Å². The Morgan fingerprint density at radius 2 is 2.50 bits per heavy atom. The lowest BCUT2D eigenvalue weighted by molar-refractivity contribution is -0.496. The smallest absolute Gasteiger partial charge is 0.238 e. The van der Waals surface area contributed by atoms with Gasteiger partial charge in [-0.15, -0.1) is 11.3 Å². The summed E-state index contributed by atoms with van der Waals surface area (Å²) >= 11 is 1.44. The topological polar surface area (TPSA) is 43.1 Å². The van der Waals surface area contributed by atoms with Crippen LogP contribution in [0.25, 0.3) is 0 Å². The van der Waals surface area contributed by atoms with Crippen molar-refractivity contribution in [2.45, 2.75) is 13.5 Å². The molecule has 0 aliphatic rings. The molecule has 54 valence electrons. The first-order valence-electron chi connectivity index (χ1n) is 2.85. The molecule has 1 aromatic rings. The van der Waals surface area contributed by atoms with Crippen LogP contribution in [0.2, 0.25) is 0 Å². The van der Waals surface area contributed by atoms with E-state index in [0.717, 1.165) is 10.4 Å². The van der Waals surface area contributed by atoms with E-state index in [4.69, 9.17) is 0 Å². The summed E-state index contributed by atoms with van der Waals surface area (Å²) in [5, 5.41) is 11.9. The predicted molar refractivity (Wildman–Crippen MR) is 39.8 cm³/mol. The van der Waals surface area contributed by atoms with E-state index in [1.165, 1.54) is 11.3 Å². The Morgan fingerprint density at radius 3 is 2.90 bits per heavy atom. The number of nitro groups is 1. The van der Waals surface area contributed by atoms with E-state index in [0.29, 0.717) is 0 Å². The molecule has 0 fully saturated rings. The maximum absolute atomic E-state index is 10.0. The van der Waals surface area contributed by atoms with Crippen LogP contribution in [0.4, 0.5) is 0 Å². The first-order chi connectivity index (χ1) is 4.70. The van der Waals surface area contributed by atoms with Crippen molar-refractivity contribution in [3.63, 3.8) is 0 Å². The molecule has 0 aromatic carbocycles. The van der Waals surface area contributed by atoms with Crippen LogP contribution in [0.3, 0.4) is 0 Å². The zero-order valence-electron chi connectivity index (χ0n) is 5.53. The van der Waals surface area contributed by atoms with Gasteiger partial charge in [0.25, 0.3) is 0 Å². The van der Waals surface area contributed by atoms with E-state index in [9.17, 15) is 10.1 Å². The summed E-state index contributed by atoms with van der Waals surface area (Å²) in [5.41, 5.74) is 1.02. The van der Waals surface area contributed by atoms with Crippen molar-refractivity contribution in [1.29, 1.82) is 0 Å². The Bertz CT molecular complexity index is 244. The van der Waals surface area contributed by atoms with Crippen molar-refractivity contribution in [3.05, 3.63) is 32.0 Å². The third kappa shape index (κ3) is 1.54. The second-order valence-electron chi connectivity index (χ2n) is 2.02. The Hall–Kier alpha value is -0.900. The van der Waals surface area contributed by atoms with Gasteiger partial charge in [0.1, 0.15) is 0 Å². The highest BCUT2D eigenvalue weighted by Crippen LogP contribution is 2.15. The van der Waals surface area contributed by atoms with Crippen LogP contribution >= 0.6 is 11.3 Å². The van der Waals surface area contributed by atoms with Gasteiger partial charge >= 0.3 is 0 Å². The SMILES string of the molecule is Cc1ccsc1C[N+](=O)[O-]. The van der Waals surface area contributed by atoms with E-state index in [1.807, 2.05) is 18.4 Å². The molecule has 0 N–H and O–H groups in total. The number of rotatable bonds is 2. The van der Waals surface area contributed by atoms with Gasteiger partial charge in [-0.2, -0.15) is 0 Å². The lowest BCUT2D eigenvalue weighted by atomic mass is 10.3. The van der Waals surface area contributed by atoms with Gasteiger partial charge in [0.2, 0.25) is 6.54 Å². The van der Waals surface area contributed by atoms with Crippen LogP contribution in [0.1, 0.15) is 10.4 Å². The zero-order chi connectivity index (χ0) is 7.56. The van der Waals surface area contributed by atoms with Crippen LogP contribution in [0.5, 0.6) is 0 Å². The minimum atomic E-state index is -0.307. The van der Waals surface area contributed by atoms with Gasteiger partial charge in [-0.25, -0.2) is 0 Å². The first kappa shape index (κ1) is 7.21. The fourth-order valence-corrected chi connectivity index (χ4v) is 1.55. The third-order valence-electron chi connectivity index (χ3n) is 1.24. The van der Waals surface area contributed by atoms with Crippen LogP contribution in [-0.2, 0) is 6.54 Å². The van der Waals surface area contributed by atoms with Crippen molar-refractivity contribution >= 4 is 11.3 Å². The van der Waals surface area contributed by atoms with Crippen LogP contribution in [0.15, 0.2) is 11.4 Å². The fraction of sp³-hybridized carbons (Fsp3) is 0.333. The van der Waals surface area contributed by atoms with Crippen molar-refractivity contribution in [3.8, 4) is 0 Å².